The third kappa shape index (κ3) is 6.32. The number of fused-ring (bicyclic) bond motifs is 1. The number of thiophene rings is 1. The molecule has 0 spiro atoms. The van der Waals surface area contributed by atoms with Crippen molar-refractivity contribution in [3.05, 3.63) is 51.7 Å². The maximum atomic E-state index is 13.6. The molecular formula is C27H39N3O3S. The molecule has 1 N–H and O–H groups in total. The Kier molecular flexibility index (Phi) is 8.63. The van der Waals surface area contributed by atoms with Crippen LogP contribution in [-0.4, -0.2) is 53.5 Å². The molecule has 3 rings (SSSR count). The molecular weight excluding hydrogens is 446 g/mol. The van der Waals surface area contributed by atoms with Crippen LogP contribution in [0.15, 0.2) is 35.7 Å². The second-order valence-corrected chi connectivity index (χ2v) is 11.2. The van der Waals surface area contributed by atoms with Gasteiger partial charge in [-0.2, -0.15) is 0 Å². The van der Waals surface area contributed by atoms with Crippen LogP contribution in [0.1, 0.15) is 75.9 Å². The normalized spacial score (nSPS) is 15.7. The molecule has 0 fully saturated rings. The number of nitrogens with one attached hydrogen (secondary N) is 1. The van der Waals surface area contributed by atoms with Crippen LogP contribution in [0.5, 0.6) is 5.75 Å². The van der Waals surface area contributed by atoms with Crippen molar-refractivity contribution < 1.29 is 14.3 Å². The van der Waals surface area contributed by atoms with E-state index in [2.05, 4.69) is 42.7 Å². The average Bonchev–Trinajstić information content (AvgIpc) is 3.27. The molecule has 1 aromatic heterocycles. The first-order valence-corrected chi connectivity index (χ1v) is 13.1. The minimum Gasteiger partial charge on any atom is -0.491 e. The quantitative estimate of drug-likeness (QED) is 0.530. The summed E-state index contributed by atoms with van der Waals surface area (Å²) in [5.74, 6) is 1.21. The molecule has 0 aliphatic carbocycles. The second-order valence-electron chi connectivity index (χ2n) is 10.2. The molecule has 34 heavy (non-hydrogen) atoms. The van der Waals surface area contributed by atoms with Crippen LogP contribution in [0.3, 0.4) is 0 Å². The molecule has 2 aromatic rings. The van der Waals surface area contributed by atoms with Gasteiger partial charge in [0.05, 0.1) is 6.04 Å². The van der Waals surface area contributed by atoms with Gasteiger partial charge in [-0.05, 0) is 74.2 Å². The number of urea groups is 1. The monoisotopic (exact) mass is 485 g/mol. The summed E-state index contributed by atoms with van der Waals surface area (Å²) in [7, 11) is 0. The van der Waals surface area contributed by atoms with Gasteiger partial charge in [0.1, 0.15) is 18.9 Å². The Morgan fingerprint density at radius 1 is 1.21 bits per heavy atom. The van der Waals surface area contributed by atoms with Crippen molar-refractivity contribution in [3.8, 4) is 5.75 Å². The number of nitrogens with zero attached hydrogens (tertiary/aromatic N) is 2. The Morgan fingerprint density at radius 2 is 1.91 bits per heavy atom. The van der Waals surface area contributed by atoms with E-state index in [-0.39, 0.29) is 24.5 Å². The summed E-state index contributed by atoms with van der Waals surface area (Å²) in [6.45, 7) is 13.9. The highest BCUT2D eigenvalue weighted by Crippen LogP contribution is 2.34. The van der Waals surface area contributed by atoms with E-state index < -0.39 is 5.54 Å². The Balaban J connectivity index is 1.76. The summed E-state index contributed by atoms with van der Waals surface area (Å²) in [4.78, 5) is 31.2. The molecule has 1 atom stereocenters. The average molecular weight is 486 g/mol. The largest absolute Gasteiger partial charge is 0.491 e. The molecule has 1 unspecified atom stereocenters. The fourth-order valence-electron chi connectivity index (χ4n) is 4.17. The number of hydrogen-bond acceptors (Lipinski definition) is 4. The van der Waals surface area contributed by atoms with Gasteiger partial charge in [-0.1, -0.05) is 32.9 Å². The molecule has 0 saturated heterocycles. The summed E-state index contributed by atoms with van der Waals surface area (Å²) in [6, 6.07) is 9.91. The number of benzene rings is 1. The fourth-order valence-corrected chi connectivity index (χ4v) is 5.09. The van der Waals surface area contributed by atoms with E-state index in [0.29, 0.717) is 25.6 Å². The summed E-state index contributed by atoms with van der Waals surface area (Å²) >= 11 is 1.73. The molecule has 7 heteroatoms. The topological polar surface area (TPSA) is 61.9 Å². The van der Waals surface area contributed by atoms with Gasteiger partial charge in [0.2, 0.25) is 5.91 Å². The van der Waals surface area contributed by atoms with E-state index in [1.54, 1.807) is 16.2 Å². The SMILES string of the molecule is CCCNC(=O)N(CC(=O)N1CCc2sccc2C1COc1ccc(C(C)C)cc1)C(C)(C)C. The Bertz CT molecular complexity index is 962. The maximum absolute atomic E-state index is 13.6. The van der Waals surface area contributed by atoms with Crippen LogP contribution >= 0.6 is 11.3 Å². The van der Waals surface area contributed by atoms with E-state index in [1.165, 1.54) is 10.4 Å². The van der Waals surface area contributed by atoms with Crippen molar-refractivity contribution >= 4 is 23.3 Å². The zero-order valence-corrected chi connectivity index (χ0v) is 22.2. The van der Waals surface area contributed by atoms with Crippen molar-refractivity contribution in [2.75, 3.05) is 26.2 Å². The Labute approximate surface area is 208 Å². The van der Waals surface area contributed by atoms with Crippen LogP contribution in [0.2, 0.25) is 0 Å². The van der Waals surface area contributed by atoms with Crippen LogP contribution in [-0.2, 0) is 11.2 Å². The van der Waals surface area contributed by atoms with E-state index in [9.17, 15) is 9.59 Å². The van der Waals surface area contributed by atoms with Gasteiger partial charge in [0, 0.05) is 23.5 Å². The molecule has 1 aliphatic rings. The smallest absolute Gasteiger partial charge is 0.318 e. The van der Waals surface area contributed by atoms with E-state index >= 15 is 0 Å². The van der Waals surface area contributed by atoms with Gasteiger partial charge in [0.25, 0.3) is 0 Å². The van der Waals surface area contributed by atoms with Crippen LogP contribution < -0.4 is 10.1 Å². The van der Waals surface area contributed by atoms with Gasteiger partial charge in [-0.3, -0.25) is 4.79 Å². The first-order chi connectivity index (χ1) is 16.1. The number of carbonyl (C=O) groups excluding carboxylic acids is 2. The van der Waals surface area contributed by atoms with Crippen molar-refractivity contribution in [2.45, 2.75) is 71.9 Å². The predicted molar refractivity (Wildman–Crippen MR) is 139 cm³/mol. The molecule has 1 aromatic carbocycles. The van der Waals surface area contributed by atoms with E-state index in [4.69, 9.17) is 4.74 Å². The fraction of sp³-hybridized carbons (Fsp3) is 0.556. The third-order valence-corrected chi connectivity index (χ3v) is 7.24. The maximum Gasteiger partial charge on any atom is 0.318 e. The lowest BCUT2D eigenvalue weighted by atomic mass is 10.00. The van der Waals surface area contributed by atoms with Gasteiger partial charge < -0.3 is 19.9 Å². The summed E-state index contributed by atoms with van der Waals surface area (Å²) in [5, 5.41) is 5.01. The highest BCUT2D eigenvalue weighted by molar-refractivity contribution is 7.10. The highest BCUT2D eigenvalue weighted by Gasteiger charge is 2.35. The van der Waals surface area contributed by atoms with E-state index in [1.807, 2.05) is 44.7 Å². The number of hydrogen-bond donors (Lipinski definition) is 1. The lowest BCUT2D eigenvalue weighted by molar-refractivity contribution is -0.136. The third-order valence-electron chi connectivity index (χ3n) is 6.24. The predicted octanol–water partition coefficient (Wildman–Crippen LogP) is 5.60. The molecule has 3 amide bonds. The Morgan fingerprint density at radius 3 is 2.53 bits per heavy atom. The summed E-state index contributed by atoms with van der Waals surface area (Å²) in [5.41, 5.74) is 1.95. The molecule has 0 bridgehead atoms. The van der Waals surface area contributed by atoms with Gasteiger partial charge in [-0.25, -0.2) is 4.79 Å². The standard InChI is InChI=1S/C27H39N3O3S/c1-7-14-28-26(32)30(27(4,5)6)17-25(31)29-15-12-24-22(13-16-34-24)23(29)18-33-21-10-8-20(9-11-21)19(2)3/h8-11,13,16,19,23H,7,12,14-15,17-18H2,1-6H3,(H,28,32). The minimum atomic E-state index is -0.471. The summed E-state index contributed by atoms with van der Waals surface area (Å²) < 4.78 is 6.18. The molecule has 2 heterocycles. The van der Waals surface area contributed by atoms with Crippen LogP contribution in [0.4, 0.5) is 4.79 Å². The number of amides is 3. The van der Waals surface area contributed by atoms with Crippen molar-refractivity contribution in [3.63, 3.8) is 0 Å². The van der Waals surface area contributed by atoms with Crippen molar-refractivity contribution in [1.82, 2.24) is 15.1 Å². The Hall–Kier alpha value is -2.54. The highest BCUT2D eigenvalue weighted by atomic mass is 32.1. The van der Waals surface area contributed by atoms with Crippen molar-refractivity contribution in [1.29, 1.82) is 0 Å². The van der Waals surface area contributed by atoms with Crippen molar-refractivity contribution in [2.24, 2.45) is 0 Å². The van der Waals surface area contributed by atoms with Gasteiger partial charge in [0.15, 0.2) is 0 Å². The van der Waals surface area contributed by atoms with Gasteiger partial charge >= 0.3 is 6.03 Å². The molecule has 1 aliphatic heterocycles. The first-order valence-electron chi connectivity index (χ1n) is 12.3. The molecule has 0 radical (unpaired) electrons. The zero-order chi connectivity index (χ0) is 24.9. The lowest BCUT2D eigenvalue weighted by Gasteiger charge is -2.40. The number of rotatable bonds is 8. The molecule has 186 valence electrons. The zero-order valence-electron chi connectivity index (χ0n) is 21.4. The molecule has 6 nitrogen and oxygen atoms in total. The minimum absolute atomic E-state index is 0.0398. The number of carbonyl (C=O) groups is 2. The van der Waals surface area contributed by atoms with Crippen LogP contribution in [0.25, 0.3) is 0 Å². The number of ether oxygens (including phenoxy) is 1. The van der Waals surface area contributed by atoms with E-state index in [0.717, 1.165) is 24.2 Å². The lowest BCUT2D eigenvalue weighted by Crippen LogP contribution is -2.55. The first kappa shape index (κ1) is 26.1. The second kappa shape index (κ2) is 11.3. The van der Waals surface area contributed by atoms with Gasteiger partial charge in [-0.15, -0.1) is 11.3 Å². The summed E-state index contributed by atoms with van der Waals surface area (Å²) in [6.07, 6.45) is 1.68. The van der Waals surface area contributed by atoms with Crippen LogP contribution in [0, 0.1) is 0 Å². The molecule has 0 saturated carbocycles.